The molecule has 0 atom stereocenters. The lowest BCUT2D eigenvalue weighted by Gasteiger charge is -2.58. The molecule has 0 bridgehead atoms. The zero-order valence-corrected chi connectivity index (χ0v) is 19.2. The highest BCUT2D eigenvalue weighted by atomic mass is 32.2. The minimum absolute atomic E-state index is 0.152. The van der Waals surface area contributed by atoms with E-state index < -0.39 is 15.7 Å². The lowest BCUT2D eigenvalue weighted by Crippen LogP contribution is -2.65. The first-order valence-corrected chi connectivity index (χ1v) is 11.9. The van der Waals surface area contributed by atoms with Crippen molar-refractivity contribution < 1.29 is 26.9 Å². The van der Waals surface area contributed by atoms with Crippen molar-refractivity contribution in [3.05, 3.63) is 29.8 Å². The SMILES string of the molecule is Cc1ccc(S(=O)(=O)OCCCCOC2CC3(C2)CN(C(=O)OC(C)(C)C)C3)cc1. The van der Waals surface area contributed by atoms with Crippen LogP contribution in [0.5, 0.6) is 0 Å². The van der Waals surface area contributed by atoms with Gasteiger partial charge in [-0.05, 0) is 65.5 Å². The third kappa shape index (κ3) is 5.95. The molecule has 1 aliphatic heterocycles. The zero-order chi connectivity index (χ0) is 22.0. The van der Waals surface area contributed by atoms with Gasteiger partial charge >= 0.3 is 6.09 Å². The molecule has 2 fully saturated rings. The number of hydrogen-bond acceptors (Lipinski definition) is 6. The fourth-order valence-electron chi connectivity index (χ4n) is 3.90. The average molecular weight is 440 g/mol. The second-order valence-electron chi connectivity index (χ2n) is 9.53. The van der Waals surface area contributed by atoms with Gasteiger partial charge in [-0.2, -0.15) is 8.42 Å². The van der Waals surface area contributed by atoms with Crippen LogP contribution >= 0.6 is 0 Å². The Bertz CT molecular complexity index is 829. The van der Waals surface area contributed by atoms with E-state index in [1.54, 1.807) is 29.2 Å². The monoisotopic (exact) mass is 439 g/mol. The van der Waals surface area contributed by atoms with Crippen LogP contribution in [0.2, 0.25) is 0 Å². The smallest absolute Gasteiger partial charge is 0.410 e. The molecular formula is C22H33NO6S. The average Bonchev–Trinajstić information content (AvgIpc) is 2.56. The summed E-state index contributed by atoms with van der Waals surface area (Å²) in [5.41, 5.74) is 0.740. The number of ether oxygens (including phenoxy) is 2. The van der Waals surface area contributed by atoms with E-state index in [1.807, 2.05) is 27.7 Å². The van der Waals surface area contributed by atoms with Gasteiger partial charge < -0.3 is 14.4 Å². The van der Waals surface area contributed by atoms with Gasteiger partial charge in [0.05, 0.1) is 17.6 Å². The van der Waals surface area contributed by atoms with E-state index in [-0.39, 0.29) is 29.1 Å². The van der Waals surface area contributed by atoms with E-state index in [0.29, 0.717) is 13.0 Å². The number of likely N-dealkylation sites (tertiary alicyclic amines) is 1. The lowest BCUT2D eigenvalue weighted by atomic mass is 9.62. The Morgan fingerprint density at radius 1 is 1.10 bits per heavy atom. The topological polar surface area (TPSA) is 82.1 Å². The Hall–Kier alpha value is -1.64. The molecule has 8 heteroatoms. The molecule has 1 aromatic rings. The molecule has 2 aliphatic rings. The second kappa shape index (κ2) is 8.85. The van der Waals surface area contributed by atoms with Crippen molar-refractivity contribution in [2.24, 2.45) is 5.41 Å². The number of amides is 1. The maximum atomic E-state index is 12.1. The van der Waals surface area contributed by atoms with Crippen LogP contribution in [-0.4, -0.2) is 57.4 Å². The first-order chi connectivity index (χ1) is 14.0. The Morgan fingerprint density at radius 2 is 1.70 bits per heavy atom. The van der Waals surface area contributed by atoms with Gasteiger partial charge in [-0.3, -0.25) is 4.18 Å². The first-order valence-electron chi connectivity index (χ1n) is 10.5. The Kier molecular flexibility index (Phi) is 6.79. The number of hydrogen-bond donors (Lipinski definition) is 0. The Morgan fingerprint density at radius 3 is 2.30 bits per heavy atom. The molecule has 1 saturated carbocycles. The van der Waals surface area contributed by atoms with Gasteiger partial charge in [-0.25, -0.2) is 4.79 Å². The highest BCUT2D eigenvalue weighted by Gasteiger charge is 2.54. The van der Waals surface area contributed by atoms with Gasteiger partial charge in [-0.15, -0.1) is 0 Å². The Labute approximate surface area is 179 Å². The van der Waals surface area contributed by atoms with Crippen molar-refractivity contribution >= 4 is 16.2 Å². The third-order valence-electron chi connectivity index (χ3n) is 5.47. The van der Waals surface area contributed by atoms with Gasteiger partial charge in [-0.1, -0.05) is 17.7 Å². The van der Waals surface area contributed by atoms with Crippen LogP contribution < -0.4 is 0 Å². The lowest BCUT2D eigenvalue weighted by molar-refractivity contribution is -0.147. The summed E-state index contributed by atoms with van der Waals surface area (Å²) in [4.78, 5) is 14.0. The van der Waals surface area contributed by atoms with Crippen molar-refractivity contribution in [1.82, 2.24) is 4.90 Å². The van der Waals surface area contributed by atoms with Crippen LogP contribution in [0.4, 0.5) is 4.79 Å². The van der Waals surface area contributed by atoms with Crippen molar-refractivity contribution in [1.29, 1.82) is 0 Å². The van der Waals surface area contributed by atoms with Crippen molar-refractivity contribution in [3.8, 4) is 0 Å². The van der Waals surface area contributed by atoms with Gasteiger partial charge in [0, 0.05) is 25.1 Å². The number of aryl methyl sites for hydroxylation is 1. The van der Waals surface area contributed by atoms with E-state index in [0.717, 1.165) is 37.9 Å². The van der Waals surface area contributed by atoms with Crippen molar-refractivity contribution in [2.45, 2.75) is 70.0 Å². The highest BCUT2D eigenvalue weighted by Crippen LogP contribution is 2.49. The van der Waals surface area contributed by atoms with Crippen LogP contribution in [0, 0.1) is 12.3 Å². The normalized spacial score (nSPS) is 18.7. The summed E-state index contributed by atoms with van der Waals surface area (Å²) in [6.45, 7) is 9.75. The van der Waals surface area contributed by atoms with Gasteiger partial charge in [0.1, 0.15) is 5.60 Å². The predicted octanol–water partition coefficient (Wildman–Crippen LogP) is 3.90. The summed E-state index contributed by atoms with van der Waals surface area (Å²) in [5.74, 6) is 0. The van der Waals surface area contributed by atoms with E-state index in [1.165, 1.54) is 0 Å². The predicted molar refractivity (Wildman–Crippen MR) is 113 cm³/mol. The molecule has 3 rings (SSSR count). The molecule has 1 saturated heterocycles. The number of nitrogens with zero attached hydrogens (tertiary/aromatic N) is 1. The molecule has 1 amide bonds. The summed E-state index contributed by atoms with van der Waals surface area (Å²) in [5, 5.41) is 0. The van der Waals surface area contributed by atoms with E-state index in [4.69, 9.17) is 13.7 Å². The van der Waals surface area contributed by atoms with E-state index in [2.05, 4.69) is 0 Å². The van der Waals surface area contributed by atoms with Crippen LogP contribution in [-0.2, 0) is 23.8 Å². The minimum atomic E-state index is -3.69. The molecule has 0 aromatic heterocycles. The molecule has 0 N–H and O–H groups in total. The Balaban J connectivity index is 1.24. The number of unbranched alkanes of at least 4 members (excludes halogenated alkanes) is 1. The summed E-state index contributed by atoms with van der Waals surface area (Å²) in [6.07, 6.45) is 3.28. The van der Waals surface area contributed by atoms with E-state index >= 15 is 0 Å². The molecule has 0 unspecified atom stereocenters. The number of carbonyl (C=O) groups excluding carboxylic acids is 1. The van der Waals surface area contributed by atoms with Gasteiger partial charge in [0.15, 0.2) is 0 Å². The highest BCUT2D eigenvalue weighted by molar-refractivity contribution is 7.86. The maximum absolute atomic E-state index is 12.1. The summed E-state index contributed by atoms with van der Waals surface area (Å²) >= 11 is 0. The summed E-state index contributed by atoms with van der Waals surface area (Å²) in [7, 11) is -3.69. The van der Waals surface area contributed by atoms with Gasteiger partial charge in [0.2, 0.25) is 0 Å². The number of rotatable bonds is 8. The van der Waals surface area contributed by atoms with Crippen molar-refractivity contribution in [2.75, 3.05) is 26.3 Å². The molecular weight excluding hydrogens is 406 g/mol. The molecule has 1 spiro atoms. The van der Waals surface area contributed by atoms with Crippen LogP contribution in [0.15, 0.2) is 29.2 Å². The maximum Gasteiger partial charge on any atom is 0.410 e. The van der Waals surface area contributed by atoms with Crippen LogP contribution in [0.1, 0.15) is 52.0 Å². The molecule has 1 aliphatic carbocycles. The molecule has 168 valence electrons. The molecule has 1 heterocycles. The largest absolute Gasteiger partial charge is 0.444 e. The van der Waals surface area contributed by atoms with E-state index in [9.17, 15) is 13.2 Å². The van der Waals surface area contributed by atoms with Crippen LogP contribution in [0.25, 0.3) is 0 Å². The summed E-state index contributed by atoms with van der Waals surface area (Å²) < 4.78 is 40.6. The standard InChI is InChI=1S/C22H33NO6S/c1-17-7-9-19(10-8-17)30(25,26)28-12-6-5-11-27-18-13-22(14-18)15-23(16-22)20(24)29-21(2,3)4/h7-10,18H,5-6,11-16H2,1-4H3. The quantitative estimate of drug-likeness (QED) is 0.451. The summed E-state index contributed by atoms with van der Waals surface area (Å²) in [6, 6.07) is 6.63. The fraction of sp³-hybridized carbons (Fsp3) is 0.682. The van der Waals surface area contributed by atoms with Crippen molar-refractivity contribution in [3.63, 3.8) is 0 Å². The number of carbonyl (C=O) groups is 1. The van der Waals surface area contributed by atoms with Crippen LogP contribution in [0.3, 0.4) is 0 Å². The molecule has 0 radical (unpaired) electrons. The second-order valence-corrected chi connectivity index (χ2v) is 11.1. The third-order valence-corrected chi connectivity index (χ3v) is 6.79. The molecule has 1 aromatic carbocycles. The first kappa shape index (κ1) is 23.0. The molecule has 30 heavy (non-hydrogen) atoms. The zero-order valence-electron chi connectivity index (χ0n) is 18.3. The number of benzene rings is 1. The van der Waals surface area contributed by atoms with Gasteiger partial charge in [0.25, 0.3) is 10.1 Å². The fourth-order valence-corrected chi connectivity index (χ4v) is 4.84. The molecule has 7 nitrogen and oxygen atoms in total. The minimum Gasteiger partial charge on any atom is -0.444 e.